The van der Waals surface area contributed by atoms with E-state index in [1.54, 1.807) is 24.4 Å². The Kier molecular flexibility index (Phi) is 3.09. The average molecular weight is 266 g/mol. The quantitative estimate of drug-likeness (QED) is 0.501. The zero-order valence-electron chi connectivity index (χ0n) is 10.7. The summed E-state index contributed by atoms with van der Waals surface area (Å²) in [5.41, 5.74) is 8.72. The molecule has 0 atom stereocenters. The summed E-state index contributed by atoms with van der Waals surface area (Å²) < 4.78 is 0. The number of benzene rings is 2. The summed E-state index contributed by atoms with van der Waals surface area (Å²) in [5.74, 6) is 0.867. The van der Waals surface area contributed by atoms with Gasteiger partial charge in [-0.15, -0.1) is 0 Å². The van der Waals surface area contributed by atoms with Gasteiger partial charge in [0.05, 0.1) is 17.2 Å². The van der Waals surface area contributed by atoms with Crippen LogP contribution in [0.25, 0.3) is 11.0 Å². The van der Waals surface area contributed by atoms with Gasteiger partial charge in [-0.2, -0.15) is 0 Å². The SMILES string of the molecule is Nc1ccc(O)c(CNc2cnc3ccccc3n2)c1. The lowest BCUT2D eigenvalue weighted by molar-refractivity contribution is 0.469. The predicted octanol–water partition coefficient (Wildman–Crippen LogP) is 2.53. The molecule has 2 aromatic carbocycles. The molecule has 0 unspecified atom stereocenters. The standard InChI is InChI=1S/C15H14N4O/c16-11-5-6-14(20)10(7-11)8-18-15-9-17-12-3-1-2-4-13(12)19-15/h1-7,9,20H,8,16H2,(H,18,19). The number of rotatable bonds is 3. The zero-order valence-corrected chi connectivity index (χ0v) is 10.7. The maximum atomic E-state index is 9.75. The summed E-state index contributed by atoms with van der Waals surface area (Å²) in [6.07, 6.45) is 1.67. The number of phenols is 1. The lowest BCUT2D eigenvalue weighted by Gasteiger charge is -2.08. The normalized spacial score (nSPS) is 10.6. The van der Waals surface area contributed by atoms with Gasteiger partial charge in [-0.3, -0.25) is 4.98 Å². The fraction of sp³-hybridized carbons (Fsp3) is 0.0667. The van der Waals surface area contributed by atoms with Gasteiger partial charge in [0.1, 0.15) is 11.6 Å². The van der Waals surface area contributed by atoms with Crippen molar-refractivity contribution in [1.82, 2.24) is 9.97 Å². The van der Waals surface area contributed by atoms with Gasteiger partial charge in [-0.25, -0.2) is 4.98 Å². The lowest BCUT2D eigenvalue weighted by atomic mass is 10.2. The van der Waals surface area contributed by atoms with Crippen molar-refractivity contribution < 1.29 is 5.11 Å². The average Bonchev–Trinajstić information content (AvgIpc) is 2.48. The van der Waals surface area contributed by atoms with Crippen molar-refractivity contribution in [3.8, 4) is 5.75 Å². The zero-order chi connectivity index (χ0) is 13.9. The van der Waals surface area contributed by atoms with Crippen LogP contribution in [-0.2, 0) is 6.54 Å². The Hall–Kier alpha value is -2.82. The molecule has 3 aromatic rings. The maximum absolute atomic E-state index is 9.75. The van der Waals surface area contributed by atoms with E-state index in [0.717, 1.165) is 16.6 Å². The van der Waals surface area contributed by atoms with E-state index in [0.29, 0.717) is 18.1 Å². The summed E-state index contributed by atoms with van der Waals surface area (Å²) in [4.78, 5) is 8.78. The number of nitrogen functional groups attached to an aromatic ring is 1. The molecule has 5 heteroatoms. The number of aromatic nitrogens is 2. The minimum absolute atomic E-state index is 0.209. The summed E-state index contributed by atoms with van der Waals surface area (Å²) in [6.45, 7) is 0.434. The van der Waals surface area contributed by atoms with Crippen LogP contribution in [0.3, 0.4) is 0 Å². The number of hydrogen-bond acceptors (Lipinski definition) is 5. The van der Waals surface area contributed by atoms with Crippen LogP contribution in [0.1, 0.15) is 5.56 Å². The highest BCUT2D eigenvalue weighted by molar-refractivity contribution is 5.75. The molecule has 1 aromatic heterocycles. The molecule has 0 saturated carbocycles. The van der Waals surface area contributed by atoms with Gasteiger partial charge in [0, 0.05) is 17.8 Å². The van der Waals surface area contributed by atoms with Gasteiger partial charge in [-0.1, -0.05) is 12.1 Å². The predicted molar refractivity (Wildman–Crippen MR) is 79.4 cm³/mol. The highest BCUT2D eigenvalue weighted by Gasteiger charge is 2.03. The molecule has 0 spiro atoms. The van der Waals surface area contributed by atoms with E-state index in [4.69, 9.17) is 5.73 Å². The Morgan fingerprint density at radius 3 is 2.75 bits per heavy atom. The molecule has 0 aliphatic carbocycles. The van der Waals surface area contributed by atoms with Crippen LogP contribution in [0.2, 0.25) is 0 Å². The number of para-hydroxylation sites is 2. The number of hydrogen-bond donors (Lipinski definition) is 3. The number of anilines is 2. The van der Waals surface area contributed by atoms with Crippen LogP contribution in [0.4, 0.5) is 11.5 Å². The Labute approximate surface area is 116 Å². The molecular weight excluding hydrogens is 252 g/mol. The van der Waals surface area contributed by atoms with Crippen molar-refractivity contribution >= 4 is 22.5 Å². The third kappa shape index (κ3) is 2.47. The molecule has 0 bridgehead atoms. The Morgan fingerprint density at radius 1 is 1.10 bits per heavy atom. The van der Waals surface area contributed by atoms with Crippen molar-refractivity contribution in [3.05, 3.63) is 54.2 Å². The third-order valence-electron chi connectivity index (χ3n) is 3.01. The molecule has 100 valence electrons. The first-order valence-electron chi connectivity index (χ1n) is 6.25. The summed E-state index contributed by atoms with van der Waals surface area (Å²) >= 11 is 0. The van der Waals surface area contributed by atoms with Crippen LogP contribution >= 0.6 is 0 Å². The number of phenolic OH excluding ortho intramolecular Hbond substituents is 1. The fourth-order valence-electron chi connectivity index (χ4n) is 1.98. The second-order valence-electron chi connectivity index (χ2n) is 4.49. The second kappa shape index (κ2) is 5.05. The Bertz CT molecular complexity index is 758. The van der Waals surface area contributed by atoms with E-state index < -0.39 is 0 Å². The lowest BCUT2D eigenvalue weighted by Crippen LogP contribution is -2.03. The molecule has 1 heterocycles. The molecule has 0 aliphatic heterocycles. The van der Waals surface area contributed by atoms with Crippen LogP contribution in [0, 0.1) is 0 Å². The summed E-state index contributed by atoms with van der Waals surface area (Å²) in [5, 5.41) is 12.9. The first-order valence-corrected chi connectivity index (χ1v) is 6.25. The number of fused-ring (bicyclic) bond motifs is 1. The molecule has 0 radical (unpaired) electrons. The molecule has 3 rings (SSSR count). The first kappa shape index (κ1) is 12.2. The van der Waals surface area contributed by atoms with Gasteiger partial charge in [0.2, 0.25) is 0 Å². The van der Waals surface area contributed by atoms with E-state index in [9.17, 15) is 5.11 Å². The first-order chi connectivity index (χ1) is 9.72. The molecule has 0 amide bonds. The van der Waals surface area contributed by atoms with Crippen molar-refractivity contribution in [2.45, 2.75) is 6.54 Å². The molecule has 5 nitrogen and oxygen atoms in total. The summed E-state index contributed by atoms with van der Waals surface area (Å²) in [6, 6.07) is 12.6. The molecular formula is C15H14N4O. The third-order valence-corrected chi connectivity index (χ3v) is 3.01. The fourth-order valence-corrected chi connectivity index (χ4v) is 1.98. The number of nitrogens with two attached hydrogens (primary N) is 1. The van der Waals surface area contributed by atoms with Crippen molar-refractivity contribution in [2.24, 2.45) is 0 Å². The van der Waals surface area contributed by atoms with Gasteiger partial charge in [-0.05, 0) is 30.3 Å². The largest absolute Gasteiger partial charge is 0.508 e. The second-order valence-corrected chi connectivity index (χ2v) is 4.49. The summed E-state index contributed by atoms with van der Waals surface area (Å²) in [7, 11) is 0. The number of nitrogens with one attached hydrogen (secondary N) is 1. The Balaban J connectivity index is 1.81. The van der Waals surface area contributed by atoms with Crippen molar-refractivity contribution in [3.63, 3.8) is 0 Å². The molecule has 20 heavy (non-hydrogen) atoms. The van der Waals surface area contributed by atoms with E-state index in [1.807, 2.05) is 24.3 Å². The van der Waals surface area contributed by atoms with Crippen LogP contribution < -0.4 is 11.1 Å². The van der Waals surface area contributed by atoms with E-state index in [1.165, 1.54) is 0 Å². The van der Waals surface area contributed by atoms with Crippen LogP contribution in [0.5, 0.6) is 5.75 Å². The molecule has 0 saturated heterocycles. The van der Waals surface area contributed by atoms with Crippen molar-refractivity contribution in [2.75, 3.05) is 11.1 Å². The topological polar surface area (TPSA) is 84.1 Å². The Morgan fingerprint density at radius 2 is 1.90 bits per heavy atom. The minimum Gasteiger partial charge on any atom is -0.508 e. The van der Waals surface area contributed by atoms with E-state index >= 15 is 0 Å². The van der Waals surface area contributed by atoms with Crippen molar-refractivity contribution in [1.29, 1.82) is 0 Å². The number of nitrogens with zero attached hydrogens (tertiary/aromatic N) is 2. The smallest absolute Gasteiger partial charge is 0.145 e. The molecule has 4 N–H and O–H groups in total. The highest BCUT2D eigenvalue weighted by atomic mass is 16.3. The number of aromatic hydroxyl groups is 1. The van der Waals surface area contributed by atoms with Crippen LogP contribution in [-0.4, -0.2) is 15.1 Å². The van der Waals surface area contributed by atoms with Gasteiger partial charge >= 0.3 is 0 Å². The van der Waals surface area contributed by atoms with E-state index in [2.05, 4.69) is 15.3 Å². The molecule has 0 aliphatic rings. The molecule has 0 fully saturated rings. The van der Waals surface area contributed by atoms with E-state index in [-0.39, 0.29) is 5.75 Å². The minimum atomic E-state index is 0.209. The van der Waals surface area contributed by atoms with Crippen LogP contribution in [0.15, 0.2) is 48.7 Å². The van der Waals surface area contributed by atoms with Gasteiger partial charge in [0.25, 0.3) is 0 Å². The maximum Gasteiger partial charge on any atom is 0.145 e. The van der Waals surface area contributed by atoms with Gasteiger partial charge in [0.15, 0.2) is 0 Å². The van der Waals surface area contributed by atoms with Gasteiger partial charge < -0.3 is 16.2 Å². The highest BCUT2D eigenvalue weighted by Crippen LogP contribution is 2.21. The monoisotopic (exact) mass is 266 g/mol.